The molecule has 1 unspecified atom stereocenters. The van der Waals surface area contributed by atoms with Crippen molar-refractivity contribution in [3.8, 4) is 0 Å². The zero-order valence-electron chi connectivity index (χ0n) is 11.2. The molecule has 0 aromatic heterocycles. The van der Waals surface area contributed by atoms with E-state index in [1.807, 2.05) is 0 Å². The molecule has 0 N–H and O–H groups in total. The summed E-state index contributed by atoms with van der Waals surface area (Å²) in [5.41, 5.74) is 0.364. The highest BCUT2D eigenvalue weighted by molar-refractivity contribution is 7.80. The minimum Gasteiger partial charge on any atom is -0.378 e. The highest BCUT2D eigenvalue weighted by atomic mass is 32.1. The van der Waals surface area contributed by atoms with Gasteiger partial charge >= 0.3 is 0 Å². The Morgan fingerprint density at radius 3 is 2.06 bits per heavy atom. The van der Waals surface area contributed by atoms with Crippen molar-refractivity contribution in [2.24, 2.45) is 11.3 Å². The molecule has 1 aliphatic carbocycles. The summed E-state index contributed by atoms with van der Waals surface area (Å²) in [6.45, 7) is 7.56. The van der Waals surface area contributed by atoms with Crippen LogP contribution in [0.1, 0.15) is 59.3 Å². The summed E-state index contributed by atoms with van der Waals surface area (Å²) >= 11 is 4.57. The van der Waals surface area contributed by atoms with Gasteiger partial charge in [0.15, 0.2) is 0 Å². The second-order valence-electron chi connectivity index (χ2n) is 5.83. The van der Waals surface area contributed by atoms with Crippen molar-refractivity contribution in [2.45, 2.75) is 65.4 Å². The maximum absolute atomic E-state index is 6.04. The maximum Gasteiger partial charge on any atom is 0.0570 e. The van der Waals surface area contributed by atoms with Crippen LogP contribution in [0.5, 0.6) is 0 Å². The Morgan fingerprint density at radius 2 is 1.62 bits per heavy atom. The quantitative estimate of drug-likeness (QED) is 0.560. The van der Waals surface area contributed by atoms with Gasteiger partial charge in [-0.25, -0.2) is 0 Å². The first-order valence-corrected chi connectivity index (χ1v) is 7.45. The molecule has 1 nitrogen and oxygen atoms in total. The van der Waals surface area contributed by atoms with E-state index >= 15 is 0 Å². The molecule has 1 rings (SSSR count). The van der Waals surface area contributed by atoms with Crippen molar-refractivity contribution < 1.29 is 4.74 Å². The first-order valence-electron chi connectivity index (χ1n) is 6.82. The molecule has 0 aliphatic heterocycles. The fourth-order valence-corrected chi connectivity index (χ4v) is 2.73. The van der Waals surface area contributed by atoms with Crippen LogP contribution in [0.2, 0.25) is 0 Å². The molecular weight excluding hydrogens is 216 g/mol. The van der Waals surface area contributed by atoms with E-state index in [-0.39, 0.29) is 0 Å². The molecule has 1 fully saturated rings. The van der Waals surface area contributed by atoms with Crippen LogP contribution in [0.3, 0.4) is 0 Å². The summed E-state index contributed by atoms with van der Waals surface area (Å²) in [5, 5.41) is 0. The van der Waals surface area contributed by atoms with Crippen molar-refractivity contribution >= 4 is 12.6 Å². The summed E-state index contributed by atoms with van der Waals surface area (Å²) in [6, 6.07) is 0. The van der Waals surface area contributed by atoms with Crippen LogP contribution in [0.25, 0.3) is 0 Å². The van der Waals surface area contributed by atoms with Crippen molar-refractivity contribution in [3.05, 3.63) is 0 Å². The Morgan fingerprint density at radius 1 is 1.06 bits per heavy atom. The molecule has 0 bridgehead atoms. The van der Waals surface area contributed by atoms with E-state index in [9.17, 15) is 0 Å². The predicted molar refractivity (Wildman–Crippen MR) is 74.2 cm³/mol. The van der Waals surface area contributed by atoms with E-state index in [1.54, 1.807) is 0 Å². The van der Waals surface area contributed by atoms with Gasteiger partial charge in [0.2, 0.25) is 0 Å². The van der Waals surface area contributed by atoms with Crippen LogP contribution < -0.4 is 0 Å². The Labute approximate surface area is 107 Å². The number of thiol groups is 1. The molecule has 0 aromatic carbocycles. The molecular formula is C14H28OS. The standard InChI is InChI=1S/C14H28OS/c1-12(2)13(3)15-10-14(11-16)8-6-4-5-7-9-14/h12-13,16H,4-11H2,1-3H3. The van der Waals surface area contributed by atoms with Crippen LogP contribution in [0, 0.1) is 11.3 Å². The molecule has 0 saturated heterocycles. The van der Waals surface area contributed by atoms with Gasteiger partial charge < -0.3 is 4.74 Å². The third-order valence-electron chi connectivity index (χ3n) is 4.09. The zero-order chi connectivity index (χ0) is 12.0. The Bertz CT molecular complexity index is 183. The minimum atomic E-state index is 0.364. The van der Waals surface area contributed by atoms with Crippen molar-refractivity contribution in [3.63, 3.8) is 0 Å². The summed E-state index contributed by atoms with van der Waals surface area (Å²) in [5.74, 6) is 1.60. The first-order chi connectivity index (χ1) is 7.59. The summed E-state index contributed by atoms with van der Waals surface area (Å²) in [7, 11) is 0. The average Bonchev–Trinajstić information content (AvgIpc) is 2.52. The highest BCUT2D eigenvalue weighted by Gasteiger charge is 2.30. The number of rotatable bonds is 5. The van der Waals surface area contributed by atoms with Gasteiger partial charge in [-0.2, -0.15) is 12.6 Å². The van der Waals surface area contributed by atoms with Crippen LogP contribution >= 0.6 is 12.6 Å². The van der Waals surface area contributed by atoms with Crippen LogP contribution in [0.4, 0.5) is 0 Å². The molecule has 0 amide bonds. The molecule has 0 radical (unpaired) electrons. The second-order valence-corrected chi connectivity index (χ2v) is 6.15. The number of hydrogen-bond acceptors (Lipinski definition) is 2. The maximum atomic E-state index is 6.04. The predicted octanol–water partition coefficient (Wildman–Crippen LogP) is 4.32. The molecule has 0 aromatic rings. The minimum absolute atomic E-state index is 0.364. The third-order valence-corrected chi connectivity index (χ3v) is 4.76. The lowest BCUT2D eigenvalue weighted by atomic mass is 9.83. The third kappa shape index (κ3) is 4.29. The van der Waals surface area contributed by atoms with Gasteiger partial charge in [0.05, 0.1) is 12.7 Å². The summed E-state index contributed by atoms with van der Waals surface area (Å²) in [6.07, 6.45) is 8.51. The van der Waals surface area contributed by atoms with Gasteiger partial charge in [-0.1, -0.05) is 39.5 Å². The fourth-order valence-electron chi connectivity index (χ4n) is 2.33. The zero-order valence-corrected chi connectivity index (χ0v) is 12.1. The number of hydrogen-bond donors (Lipinski definition) is 1. The fraction of sp³-hybridized carbons (Fsp3) is 1.00. The van der Waals surface area contributed by atoms with E-state index in [1.165, 1.54) is 38.5 Å². The lowest BCUT2D eigenvalue weighted by Gasteiger charge is -2.33. The second kappa shape index (κ2) is 6.90. The number of ether oxygens (including phenoxy) is 1. The van der Waals surface area contributed by atoms with E-state index in [4.69, 9.17) is 4.74 Å². The van der Waals surface area contributed by atoms with Crippen LogP contribution in [0.15, 0.2) is 0 Å². The molecule has 2 heteroatoms. The molecule has 16 heavy (non-hydrogen) atoms. The van der Waals surface area contributed by atoms with Gasteiger partial charge in [0.1, 0.15) is 0 Å². The monoisotopic (exact) mass is 244 g/mol. The van der Waals surface area contributed by atoms with E-state index in [0.717, 1.165) is 12.4 Å². The van der Waals surface area contributed by atoms with Crippen molar-refractivity contribution in [1.82, 2.24) is 0 Å². The van der Waals surface area contributed by atoms with E-state index in [2.05, 4.69) is 33.4 Å². The summed E-state index contributed by atoms with van der Waals surface area (Å²) < 4.78 is 6.04. The van der Waals surface area contributed by atoms with Gasteiger partial charge in [-0.3, -0.25) is 0 Å². The van der Waals surface area contributed by atoms with Gasteiger partial charge in [0, 0.05) is 5.41 Å². The molecule has 96 valence electrons. The van der Waals surface area contributed by atoms with Crippen LogP contribution in [-0.4, -0.2) is 18.5 Å². The molecule has 1 aliphatic rings. The van der Waals surface area contributed by atoms with Gasteiger partial charge in [-0.05, 0) is 31.4 Å². The molecule has 0 spiro atoms. The average molecular weight is 244 g/mol. The Kier molecular flexibility index (Phi) is 6.20. The topological polar surface area (TPSA) is 9.23 Å². The smallest absolute Gasteiger partial charge is 0.0570 e. The lowest BCUT2D eigenvalue weighted by molar-refractivity contribution is -0.0188. The van der Waals surface area contributed by atoms with E-state index in [0.29, 0.717) is 17.4 Å². The van der Waals surface area contributed by atoms with Crippen molar-refractivity contribution in [1.29, 1.82) is 0 Å². The molecule has 1 atom stereocenters. The highest BCUT2D eigenvalue weighted by Crippen LogP contribution is 2.36. The molecule has 0 heterocycles. The van der Waals surface area contributed by atoms with Crippen molar-refractivity contribution in [2.75, 3.05) is 12.4 Å². The molecule has 1 saturated carbocycles. The Balaban J connectivity index is 2.45. The van der Waals surface area contributed by atoms with Gasteiger partial charge in [-0.15, -0.1) is 0 Å². The first kappa shape index (κ1) is 14.4. The Hall–Kier alpha value is 0.310. The lowest BCUT2D eigenvalue weighted by Crippen LogP contribution is -2.31. The van der Waals surface area contributed by atoms with E-state index < -0.39 is 0 Å². The normalized spacial score (nSPS) is 23.1. The largest absolute Gasteiger partial charge is 0.378 e. The summed E-state index contributed by atoms with van der Waals surface area (Å²) in [4.78, 5) is 0. The van der Waals surface area contributed by atoms with Gasteiger partial charge in [0.25, 0.3) is 0 Å². The van der Waals surface area contributed by atoms with Crippen LogP contribution in [-0.2, 0) is 4.74 Å². The SMILES string of the molecule is CC(C)C(C)OCC1(CS)CCCCCC1.